The maximum absolute atomic E-state index is 12.3. The van der Waals surface area contributed by atoms with Crippen molar-refractivity contribution in [3.05, 3.63) is 40.6 Å². The van der Waals surface area contributed by atoms with Crippen LogP contribution in [0.5, 0.6) is 0 Å². The second kappa shape index (κ2) is 8.16. The highest BCUT2D eigenvalue weighted by molar-refractivity contribution is 7.99. The Morgan fingerprint density at radius 1 is 1.09 bits per heavy atom. The van der Waals surface area contributed by atoms with E-state index in [9.17, 15) is 4.79 Å². The normalized spacial score (nSPS) is 11.7. The zero-order valence-corrected chi connectivity index (χ0v) is 16.2. The zero-order valence-electron chi connectivity index (χ0n) is 14.5. The van der Waals surface area contributed by atoms with Crippen LogP contribution < -0.4 is 0 Å². The summed E-state index contributed by atoms with van der Waals surface area (Å²) in [6.07, 6.45) is 3.86. The number of carbonyl (C=O) groups is 1. The van der Waals surface area contributed by atoms with Gasteiger partial charge in [-0.25, -0.2) is 0 Å². The summed E-state index contributed by atoms with van der Waals surface area (Å²) in [4.78, 5) is 14.5. The van der Waals surface area contributed by atoms with Gasteiger partial charge in [0.05, 0.1) is 4.88 Å². The predicted octanol–water partition coefficient (Wildman–Crippen LogP) is 6.93. The third kappa shape index (κ3) is 5.22. The molecule has 0 amide bonds. The first kappa shape index (κ1) is 18.3. The highest BCUT2D eigenvalue weighted by Gasteiger charge is 2.24. The summed E-state index contributed by atoms with van der Waals surface area (Å²) in [5, 5.41) is 2.09. The molecular formula is C20H26OS2. The Hall–Kier alpha value is -1.06. The molecule has 0 unspecified atom stereocenters. The molecule has 0 radical (unpaired) electrons. The lowest BCUT2D eigenvalue weighted by Gasteiger charge is -2.14. The van der Waals surface area contributed by atoms with Crippen molar-refractivity contribution < 1.29 is 4.79 Å². The predicted molar refractivity (Wildman–Crippen MR) is 104 cm³/mol. The second-order valence-corrected chi connectivity index (χ2v) is 8.94. The van der Waals surface area contributed by atoms with Crippen molar-refractivity contribution in [3.8, 4) is 11.1 Å². The van der Waals surface area contributed by atoms with Gasteiger partial charge in [-0.05, 0) is 46.9 Å². The lowest BCUT2D eigenvalue weighted by Crippen LogP contribution is -2.18. The summed E-state index contributed by atoms with van der Waals surface area (Å²) < 4.78 is 0. The topological polar surface area (TPSA) is 17.1 Å². The molecule has 0 spiro atoms. The van der Waals surface area contributed by atoms with Gasteiger partial charge in [0.25, 0.3) is 0 Å². The van der Waals surface area contributed by atoms with Crippen LogP contribution in [0.4, 0.5) is 0 Å². The smallest absolute Gasteiger partial charge is 0.178 e. The summed E-state index contributed by atoms with van der Waals surface area (Å²) in [7, 11) is 0. The molecule has 1 nitrogen and oxygen atoms in total. The van der Waals surface area contributed by atoms with Crippen molar-refractivity contribution in [1.82, 2.24) is 0 Å². The molecule has 2 aromatic rings. The Balaban J connectivity index is 2.03. The number of thiophene rings is 1. The van der Waals surface area contributed by atoms with Crippen molar-refractivity contribution in [2.45, 2.75) is 51.9 Å². The minimum absolute atomic E-state index is 0.219. The van der Waals surface area contributed by atoms with Crippen LogP contribution in [0, 0.1) is 5.41 Å². The number of thioether (sulfide) groups is 1. The molecule has 0 bridgehead atoms. The summed E-state index contributed by atoms with van der Waals surface area (Å²) in [6.45, 7) is 8.15. The Labute approximate surface area is 148 Å². The molecule has 23 heavy (non-hydrogen) atoms. The highest BCUT2D eigenvalue weighted by atomic mass is 32.2. The van der Waals surface area contributed by atoms with E-state index in [4.69, 9.17) is 0 Å². The number of ketones is 1. The summed E-state index contributed by atoms with van der Waals surface area (Å²) in [5.41, 5.74) is 2.01. The number of hydrogen-bond acceptors (Lipinski definition) is 3. The molecular weight excluding hydrogens is 320 g/mol. The fourth-order valence-corrected chi connectivity index (χ4v) is 4.24. The van der Waals surface area contributed by atoms with Gasteiger partial charge in [0.1, 0.15) is 0 Å². The van der Waals surface area contributed by atoms with Gasteiger partial charge in [-0.1, -0.05) is 52.7 Å². The molecule has 0 fully saturated rings. The molecule has 0 aliphatic heterocycles. The van der Waals surface area contributed by atoms with Gasteiger partial charge >= 0.3 is 0 Å². The lowest BCUT2D eigenvalue weighted by atomic mass is 9.90. The summed E-state index contributed by atoms with van der Waals surface area (Å²) >= 11 is 3.47. The molecule has 2 rings (SSSR count). The van der Waals surface area contributed by atoms with Crippen molar-refractivity contribution in [2.75, 3.05) is 5.75 Å². The zero-order chi connectivity index (χ0) is 16.9. The van der Waals surface area contributed by atoms with Crippen LogP contribution in [0.2, 0.25) is 0 Å². The number of unbranched alkanes of at least 4 members (excludes halogenated alkanes) is 2. The minimum atomic E-state index is -0.318. The molecule has 1 heterocycles. The molecule has 1 aromatic heterocycles. The van der Waals surface area contributed by atoms with E-state index in [0.717, 1.165) is 10.4 Å². The van der Waals surface area contributed by atoms with Gasteiger partial charge in [-0.2, -0.15) is 0 Å². The largest absolute Gasteiger partial charge is 0.293 e. The Kier molecular flexibility index (Phi) is 6.49. The highest BCUT2D eigenvalue weighted by Crippen LogP contribution is 2.31. The first-order chi connectivity index (χ1) is 10.9. The van der Waals surface area contributed by atoms with E-state index in [-0.39, 0.29) is 11.2 Å². The monoisotopic (exact) mass is 346 g/mol. The Morgan fingerprint density at radius 2 is 1.78 bits per heavy atom. The molecule has 0 atom stereocenters. The number of rotatable bonds is 7. The van der Waals surface area contributed by atoms with Gasteiger partial charge in [-0.3, -0.25) is 4.79 Å². The van der Waals surface area contributed by atoms with Crippen LogP contribution >= 0.6 is 23.1 Å². The van der Waals surface area contributed by atoms with Gasteiger partial charge in [0.2, 0.25) is 0 Å². The third-order valence-electron chi connectivity index (χ3n) is 3.71. The molecule has 0 saturated heterocycles. The van der Waals surface area contributed by atoms with Crippen LogP contribution in [0.25, 0.3) is 11.1 Å². The first-order valence-corrected chi connectivity index (χ1v) is 10.1. The number of carbonyl (C=O) groups excluding carboxylic acids is 1. The number of benzene rings is 1. The molecule has 0 aliphatic rings. The molecule has 124 valence electrons. The van der Waals surface area contributed by atoms with Gasteiger partial charge < -0.3 is 0 Å². The molecule has 0 saturated carbocycles. The maximum Gasteiger partial charge on any atom is 0.178 e. The van der Waals surface area contributed by atoms with Gasteiger partial charge in [-0.15, -0.1) is 23.1 Å². The van der Waals surface area contributed by atoms with Crippen LogP contribution in [-0.4, -0.2) is 11.5 Å². The van der Waals surface area contributed by atoms with Crippen molar-refractivity contribution in [2.24, 2.45) is 5.41 Å². The maximum atomic E-state index is 12.3. The lowest BCUT2D eigenvalue weighted by molar-refractivity contribution is 0.0863. The van der Waals surface area contributed by atoms with Crippen LogP contribution in [-0.2, 0) is 0 Å². The third-order valence-corrected chi connectivity index (χ3v) is 5.74. The van der Waals surface area contributed by atoms with Gasteiger partial charge in [0.15, 0.2) is 5.78 Å². The van der Waals surface area contributed by atoms with Crippen LogP contribution in [0.1, 0.15) is 56.6 Å². The standard InChI is InChI=1S/C20H26OS2/c1-5-6-7-12-22-17-10-8-15(9-11-17)16-13-18(23-14-16)19(21)20(2,3)4/h8-11,13-14H,5-7,12H2,1-4H3. The fourth-order valence-electron chi connectivity index (χ4n) is 2.26. The van der Waals surface area contributed by atoms with Crippen LogP contribution in [0.3, 0.4) is 0 Å². The second-order valence-electron chi connectivity index (χ2n) is 6.86. The van der Waals surface area contributed by atoms with Crippen molar-refractivity contribution >= 4 is 28.9 Å². The van der Waals surface area contributed by atoms with E-state index < -0.39 is 0 Å². The molecule has 3 heteroatoms. The van der Waals surface area contributed by atoms with Crippen LogP contribution in [0.15, 0.2) is 40.6 Å². The van der Waals surface area contributed by atoms with E-state index in [2.05, 4.69) is 36.6 Å². The Morgan fingerprint density at radius 3 is 2.39 bits per heavy atom. The van der Waals surface area contributed by atoms with E-state index in [0.29, 0.717) is 0 Å². The average molecular weight is 347 g/mol. The van der Waals surface area contributed by atoms with Crippen molar-refractivity contribution in [3.63, 3.8) is 0 Å². The number of Topliss-reactive ketones (excluding diaryl/α,β-unsaturated/α-hetero) is 1. The SMILES string of the molecule is CCCCCSc1ccc(-c2csc(C(=O)C(C)(C)C)c2)cc1. The fraction of sp³-hybridized carbons (Fsp3) is 0.450. The Bertz CT molecular complexity index is 632. The summed E-state index contributed by atoms with van der Waals surface area (Å²) in [6, 6.07) is 10.7. The average Bonchev–Trinajstić information content (AvgIpc) is 3.00. The van der Waals surface area contributed by atoms with Crippen molar-refractivity contribution in [1.29, 1.82) is 0 Å². The summed E-state index contributed by atoms with van der Waals surface area (Å²) in [5.74, 6) is 1.41. The van der Waals surface area contributed by atoms with E-state index >= 15 is 0 Å². The van der Waals surface area contributed by atoms with E-state index in [1.54, 1.807) is 11.3 Å². The minimum Gasteiger partial charge on any atom is -0.293 e. The molecule has 0 N–H and O–H groups in total. The first-order valence-electron chi connectivity index (χ1n) is 8.28. The number of hydrogen-bond donors (Lipinski definition) is 0. The molecule has 0 aliphatic carbocycles. The van der Waals surface area contributed by atoms with E-state index in [1.807, 2.05) is 38.6 Å². The molecule has 1 aromatic carbocycles. The van der Waals surface area contributed by atoms with Gasteiger partial charge in [0, 0.05) is 10.3 Å². The quantitative estimate of drug-likeness (QED) is 0.307. The van der Waals surface area contributed by atoms with E-state index in [1.165, 1.54) is 35.5 Å².